The lowest BCUT2D eigenvalue weighted by molar-refractivity contribution is -0.162. The number of fused-ring (bicyclic) bond motifs is 5. The standard InChI is InChI=1S/C26H35FO5/c1-5-6-9-32-24(31)23(30)21-14(2)10-17-16-12-19(27)18-11-15(28)7-8-25(18,3)22(16)20(29)13-26(17,21)4/h7-8,11,14,16-17,19-22,29H,5-6,9-10,12-13H2,1-4H3/t14?,16-,17-,19?,20?,21+,22+,25-,26-/m0/s1. The third-order valence-corrected chi connectivity index (χ3v) is 9.03. The second-order valence-electron chi connectivity index (χ2n) is 10.9. The predicted molar refractivity (Wildman–Crippen MR) is 117 cm³/mol. The molecule has 0 spiro atoms. The summed E-state index contributed by atoms with van der Waals surface area (Å²) in [7, 11) is 0. The van der Waals surface area contributed by atoms with Crippen molar-refractivity contribution in [3.63, 3.8) is 0 Å². The summed E-state index contributed by atoms with van der Waals surface area (Å²) < 4.78 is 20.6. The Kier molecular flexibility index (Phi) is 5.98. The molecule has 9 atom stereocenters. The summed E-state index contributed by atoms with van der Waals surface area (Å²) >= 11 is 0. The van der Waals surface area contributed by atoms with Gasteiger partial charge in [-0.15, -0.1) is 0 Å². The summed E-state index contributed by atoms with van der Waals surface area (Å²) in [5.74, 6) is -2.42. The van der Waals surface area contributed by atoms with Crippen molar-refractivity contribution < 1.29 is 28.6 Å². The molecule has 3 unspecified atom stereocenters. The van der Waals surface area contributed by atoms with Crippen molar-refractivity contribution in [2.45, 2.75) is 72.1 Å². The number of aliphatic hydroxyl groups is 1. The number of halogens is 1. The summed E-state index contributed by atoms with van der Waals surface area (Å²) in [5, 5.41) is 11.4. The SMILES string of the molecule is CCCCOC(=O)C(=O)[C@H]1C(C)C[C@H]2[C@@H]3CC(F)C4=CC(=O)C=C[C@]4(C)[C@H]3C(O)C[C@]12C. The summed E-state index contributed by atoms with van der Waals surface area (Å²) in [5.41, 5.74) is -0.847. The molecule has 3 fully saturated rings. The molecule has 4 aliphatic rings. The van der Waals surface area contributed by atoms with Crippen LogP contribution in [0.4, 0.5) is 4.39 Å². The Morgan fingerprint density at radius 1 is 1.28 bits per heavy atom. The number of unbranched alkanes of at least 4 members (excludes halogenated alkanes) is 1. The van der Waals surface area contributed by atoms with E-state index in [1.807, 2.05) is 27.7 Å². The topological polar surface area (TPSA) is 80.7 Å². The Morgan fingerprint density at radius 3 is 2.69 bits per heavy atom. The molecule has 0 saturated heterocycles. The number of ether oxygens (including phenoxy) is 1. The maximum absolute atomic E-state index is 15.4. The van der Waals surface area contributed by atoms with Gasteiger partial charge >= 0.3 is 5.97 Å². The van der Waals surface area contributed by atoms with Gasteiger partial charge < -0.3 is 9.84 Å². The lowest BCUT2D eigenvalue weighted by atomic mass is 9.46. The van der Waals surface area contributed by atoms with Crippen LogP contribution in [0, 0.1) is 40.4 Å². The molecule has 32 heavy (non-hydrogen) atoms. The number of rotatable bonds is 5. The lowest BCUT2D eigenvalue weighted by Gasteiger charge is -2.59. The molecule has 176 valence electrons. The van der Waals surface area contributed by atoms with Gasteiger partial charge in [-0.1, -0.05) is 40.2 Å². The molecule has 4 rings (SSSR count). The molecular formula is C26H35FO5. The first-order chi connectivity index (χ1) is 15.0. The van der Waals surface area contributed by atoms with Crippen LogP contribution in [0.2, 0.25) is 0 Å². The van der Waals surface area contributed by atoms with Gasteiger partial charge in [0.2, 0.25) is 5.78 Å². The molecule has 6 heteroatoms. The Balaban J connectivity index is 1.65. The minimum Gasteiger partial charge on any atom is -0.460 e. The second-order valence-corrected chi connectivity index (χ2v) is 10.9. The molecule has 0 aromatic rings. The van der Waals surface area contributed by atoms with E-state index in [2.05, 4.69) is 0 Å². The predicted octanol–water partition coefficient (Wildman–Crippen LogP) is 3.99. The number of alkyl halides is 1. The minimum absolute atomic E-state index is 0.0194. The average molecular weight is 447 g/mol. The molecule has 4 aliphatic carbocycles. The van der Waals surface area contributed by atoms with E-state index >= 15 is 4.39 Å². The van der Waals surface area contributed by atoms with Crippen LogP contribution in [0.15, 0.2) is 23.8 Å². The first-order valence-corrected chi connectivity index (χ1v) is 12.0. The highest BCUT2D eigenvalue weighted by Crippen LogP contribution is 2.67. The van der Waals surface area contributed by atoms with Crippen LogP contribution in [0.3, 0.4) is 0 Å². The van der Waals surface area contributed by atoms with E-state index in [9.17, 15) is 19.5 Å². The van der Waals surface area contributed by atoms with E-state index in [1.165, 1.54) is 12.2 Å². The highest BCUT2D eigenvalue weighted by Gasteiger charge is 2.66. The highest BCUT2D eigenvalue weighted by molar-refractivity contribution is 6.34. The van der Waals surface area contributed by atoms with Crippen LogP contribution >= 0.6 is 0 Å². The molecule has 0 heterocycles. The zero-order valence-electron chi connectivity index (χ0n) is 19.5. The first-order valence-electron chi connectivity index (χ1n) is 12.0. The zero-order chi connectivity index (χ0) is 23.4. The van der Waals surface area contributed by atoms with E-state index in [-0.39, 0.29) is 42.5 Å². The van der Waals surface area contributed by atoms with Crippen molar-refractivity contribution in [3.05, 3.63) is 23.8 Å². The van der Waals surface area contributed by atoms with E-state index in [4.69, 9.17) is 4.74 Å². The van der Waals surface area contributed by atoms with Gasteiger partial charge in [-0.25, -0.2) is 9.18 Å². The third kappa shape index (κ3) is 3.41. The Bertz CT molecular complexity index is 877. The maximum Gasteiger partial charge on any atom is 0.374 e. The Morgan fingerprint density at radius 2 is 2.00 bits per heavy atom. The molecule has 1 N–H and O–H groups in total. The van der Waals surface area contributed by atoms with Crippen molar-refractivity contribution in [2.75, 3.05) is 6.61 Å². The first kappa shape index (κ1) is 23.3. The number of esters is 1. The second kappa shape index (κ2) is 8.19. The van der Waals surface area contributed by atoms with Crippen molar-refractivity contribution in [1.82, 2.24) is 0 Å². The normalized spacial score (nSPS) is 44.9. The fraction of sp³-hybridized carbons (Fsp3) is 0.731. The average Bonchev–Trinajstić information content (AvgIpc) is 2.98. The zero-order valence-corrected chi connectivity index (χ0v) is 19.5. The number of hydrogen-bond donors (Lipinski definition) is 1. The highest BCUT2D eigenvalue weighted by atomic mass is 19.1. The van der Waals surface area contributed by atoms with Gasteiger partial charge in [0.15, 0.2) is 5.78 Å². The number of carbonyl (C=O) groups excluding carboxylic acids is 3. The number of ketones is 2. The summed E-state index contributed by atoms with van der Waals surface area (Å²) in [6.45, 7) is 8.11. The third-order valence-electron chi connectivity index (χ3n) is 9.03. The van der Waals surface area contributed by atoms with Gasteiger partial charge in [0.1, 0.15) is 6.17 Å². The van der Waals surface area contributed by atoms with Gasteiger partial charge in [-0.3, -0.25) is 9.59 Å². The van der Waals surface area contributed by atoms with Crippen LogP contribution in [-0.2, 0) is 19.1 Å². The number of aliphatic hydroxyl groups excluding tert-OH is 1. The maximum atomic E-state index is 15.4. The van der Waals surface area contributed by atoms with E-state index in [1.54, 1.807) is 6.08 Å². The van der Waals surface area contributed by atoms with Gasteiger partial charge in [0.25, 0.3) is 0 Å². The summed E-state index contributed by atoms with van der Waals surface area (Å²) in [6, 6.07) is 0. The fourth-order valence-electron chi connectivity index (χ4n) is 7.77. The molecular weight excluding hydrogens is 411 g/mol. The molecule has 0 aromatic carbocycles. The Labute approximate surface area is 189 Å². The monoisotopic (exact) mass is 446 g/mol. The van der Waals surface area contributed by atoms with Crippen LogP contribution in [-0.4, -0.2) is 41.5 Å². The molecule has 0 amide bonds. The number of allylic oxidation sites excluding steroid dienone is 4. The lowest BCUT2D eigenvalue weighted by Crippen LogP contribution is -2.58. The number of Topliss-reactive ketones (excluding diaryl/α,β-unsaturated/α-hetero) is 1. The molecule has 0 aliphatic heterocycles. The largest absolute Gasteiger partial charge is 0.460 e. The van der Waals surface area contributed by atoms with Gasteiger partial charge in [0.05, 0.1) is 12.7 Å². The van der Waals surface area contributed by atoms with Gasteiger partial charge in [-0.2, -0.15) is 0 Å². The van der Waals surface area contributed by atoms with Crippen molar-refractivity contribution in [2.24, 2.45) is 40.4 Å². The van der Waals surface area contributed by atoms with Crippen LogP contribution in [0.25, 0.3) is 0 Å². The quantitative estimate of drug-likeness (QED) is 0.392. The molecule has 3 saturated carbocycles. The number of hydrogen-bond acceptors (Lipinski definition) is 5. The van der Waals surface area contributed by atoms with Crippen LogP contribution < -0.4 is 0 Å². The van der Waals surface area contributed by atoms with Gasteiger partial charge in [0, 0.05) is 17.3 Å². The minimum atomic E-state index is -1.26. The Hall–Kier alpha value is -1.82. The molecule has 5 nitrogen and oxygen atoms in total. The van der Waals surface area contributed by atoms with E-state index in [0.717, 1.165) is 6.42 Å². The van der Waals surface area contributed by atoms with Crippen molar-refractivity contribution in [1.29, 1.82) is 0 Å². The van der Waals surface area contributed by atoms with E-state index < -0.39 is 40.8 Å². The molecule has 0 aromatic heterocycles. The fourth-order valence-corrected chi connectivity index (χ4v) is 7.77. The molecule has 0 bridgehead atoms. The van der Waals surface area contributed by atoms with E-state index in [0.29, 0.717) is 24.8 Å². The summed E-state index contributed by atoms with van der Waals surface area (Å²) in [6.07, 6.45) is 5.56. The smallest absolute Gasteiger partial charge is 0.374 e. The van der Waals surface area contributed by atoms with Crippen LogP contribution in [0.5, 0.6) is 0 Å². The van der Waals surface area contributed by atoms with Crippen molar-refractivity contribution >= 4 is 17.5 Å². The van der Waals surface area contributed by atoms with Crippen LogP contribution in [0.1, 0.15) is 59.8 Å². The van der Waals surface area contributed by atoms with Crippen molar-refractivity contribution in [3.8, 4) is 0 Å². The summed E-state index contributed by atoms with van der Waals surface area (Å²) in [4.78, 5) is 37.6. The molecule has 0 radical (unpaired) electrons. The van der Waals surface area contributed by atoms with Gasteiger partial charge in [-0.05, 0) is 66.6 Å². The number of carbonyl (C=O) groups is 3.